The smallest absolute Gasteiger partial charge is 0.267 e. The summed E-state index contributed by atoms with van der Waals surface area (Å²) in [7, 11) is 0. The highest BCUT2D eigenvalue weighted by Gasteiger charge is 2.19. The number of hydrogen-bond acceptors (Lipinski definition) is 6. The van der Waals surface area contributed by atoms with Gasteiger partial charge in [-0.15, -0.1) is 0 Å². The Labute approximate surface area is 157 Å². The van der Waals surface area contributed by atoms with E-state index in [-0.39, 0.29) is 11.5 Å². The van der Waals surface area contributed by atoms with Gasteiger partial charge in [-0.2, -0.15) is 0 Å². The van der Waals surface area contributed by atoms with Gasteiger partial charge in [0, 0.05) is 19.3 Å². The fourth-order valence-electron chi connectivity index (χ4n) is 3.05. The number of piperidine rings is 1. The van der Waals surface area contributed by atoms with Crippen LogP contribution < -0.4 is 15.8 Å². The number of nitrogens with zero attached hydrogens (tertiary/aromatic N) is 3. The lowest BCUT2D eigenvalue weighted by molar-refractivity contribution is 0.0995. The first-order valence-corrected chi connectivity index (χ1v) is 9.07. The number of primary amides is 1. The number of rotatable bonds is 8. The maximum atomic E-state index is 12.9. The number of carbonyl (C=O) groups excluding carboxylic acids is 1. The third-order valence-electron chi connectivity index (χ3n) is 4.65. The number of anilines is 1. The first-order valence-electron chi connectivity index (χ1n) is 9.07. The van der Waals surface area contributed by atoms with E-state index in [1.165, 1.54) is 24.4 Å². The summed E-state index contributed by atoms with van der Waals surface area (Å²) in [5, 5.41) is 3.19. The van der Waals surface area contributed by atoms with Crippen LogP contribution in [0.15, 0.2) is 36.5 Å². The standard InChI is InChI=1S/C19H24FN5O2/c20-15-1-3-16(4-2-15)27-12-11-25-9-6-14(7-10-25)13-23-19-22-8-5-17(24-19)18(21)26/h1-5,8,14H,6-7,9-13H2,(H2,21,26)(H,22,23,24). The molecule has 2 aromatic rings. The van der Waals surface area contributed by atoms with Gasteiger partial charge in [-0.05, 0) is 62.2 Å². The van der Waals surface area contributed by atoms with Crippen LogP contribution in [0.1, 0.15) is 23.3 Å². The first-order chi connectivity index (χ1) is 13.1. The third kappa shape index (κ3) is 5.89. The van der Waals surface area contributed by atoms with Gasteiger partial charge in [0.25, 0.3) is 5.91 Å². The lowest BCUT2D eigenvalue weighted by Crippen LogP contribution is -2.38. The Balaban J connectivity index is 1.34. The van der Waals surface area contributed by atoms with E-state index in [2.05, 4.69) is 20.2 Å². The van der Waals surface area contributed by atoms with Gasteiger partial charge >= 0.3 is 0 Å². The van der Waals surface area contributed by atoms with Gasteiger partial charge in [-0.25, -0.2) is 14.4 Å². The Bertz CT molecular complexity index is 748. The zero-order valence-corrected chi connectivity index (χ0v) is 15.1. The molecule has 1 aromatic carbocycles. The number of ether oxygens (including phenoxy) is 1. The maximum Gasteiger partial charge on any atom is 0.267 e. The predicted molar refractivity (Wildman–Crippen MR) is 100 cm³/mol. The molecule has 0 atom stereocenters. The van der Waals surface area contributed by atoms with Crippen molar-refractivity contribution >= 4 is 11.9 Å². The molecule has 1 aromatic heterocycles. The number of carbonyl (C=O) groups is 1. The third-order valence-corrected chi connectivity index (χ3v) is 4.65. The van der Waals surface area contributed by atoms with E-state index in [0.717, 1.165) is 39.0 Å². The average Bonchev–Trinajstić information content (AvgIpc) is 2.69. The molecule has 7 nitrogen and oxygen atoms in total. The summed E-state index contributed by atoms with van der Waals surface area (Å²) in [6.07, 6.45) is 3.66. The average molecular weight is 373 g/mol. The number of benzene rings is 1. The second kappa shape index (κ2) is 9.27. The monoisotopic (exact) mass is 373 g/mol. The number of likely N-dealkylation sites (tertiary alicyclic amines) is 1. The fraction of sp³-hybridized carbons (Fsp3) is 0.421. The Morgan fingerprint density at radius 1 is 1.26 bits per heavy atom. The topological polar surface area (TPSA) is 93.4 Å². The van der Waals surface area contributed by atoms with E-state index >= 15 is 0 Å². The van der Waals surface area contributed by atoms with Crippen LogP contribution in [0.5, 0.6) is 5.75 Å². The number of amides is 1. The fourth-order valence-corrected chi connectivity index (χ4v) is 3.05. The van der Waals surface area contributed by atoms with Gasteiger partial charge in [0.1, 0.15) is 23.9 Å². The van der Waals surface area contributed by atoms with Crippen LogP contribution in [0.3, 0.4) is 0 Å². The molecule has 27 heavy (non-hydrogen) atoms. The SMILES string of the molecule is NC(=O)c1ccnc(NCC2CCN(CCOc3ccc(F)cc3)CC2)n1. The van der Waals surface area contributed by atoms with Gasteiger partial charge in [0.05, 0.1) is 0 Å². The highest BCUT2D eigenvalue weighted by Crippen LogP contribution is 2.18. The van der Waals surface area contributed by atoms with E-state index < -0.39 is 5.91 Å². The highest BCUT2D eigenvalue weighted by molar-refractivity contribution is 5.90. The number of nitrogens with one attached hydrogen (secondary N) is 1. The molecule has 3 N–H and O–H groups in total. The van der Waals surface area contributed by atoms with Gasteiger partial charge in [-0.1, -0.05) is 0 Å². The second-order valence-corrected chi connectivity index (χ2v) is 6.60. The van der Waals surface area contributed by atoms with Crippen LogP contribution in [0.4, 0.5) is 10.3 Å². The highest BCUT2D eigenvalue weighted by atomic mass is 19.1. The first kappa shape index (κ1) is 19.0. The molecular formula is C19H24FN5O2. The number of hydrogen-bond donors (Lipinski definition) is 2. The molecule has 0 unspecified atom stereocenters. The maximum absolute atomic E-state index is 12.9. The molecule has 1 amide bonds. The van der Waals surface area contributed by atoms with E-state index in [9.17, 15) is 9.18 Å². The predicted octanol–water partition coefficient (Wildman–Crippen LogP) is 1.92. The number of nitrogens with two attached hydrogens (primary N) is 1. The van der Waals surface area contributed by atoms with Crippen LogP contribution >= 0.6 is 0 Å². The minimum atomic E-state index is -0.559. The summed E-state index contributed by atoms with van der Waals surface area (Å²) < 4.78 is 18.5. The molecule has 144 valence electrons. The molecule has 2 heterocycles. The number of aromatic nitrogens is 2. The molecule has 3 rings (SSSR count). The van der Waals surface area contributed by atoms with Gasteiger partial charge < -0.3 is 15.8 Å². The summed E-state index contributed by atoms with van der Waals surface area (Å²) in [6, 6.07) is 7.58. The summed E-state index contributed by atoms with van der Waals surface area (Å²) >= 11 is 0. The van der Waals surface area contributed by atoms with Gasteiger partial charge in [-0.3, -0.25) is 9.69 Å². The van der Waals surface area contributed by atoms with Crippen molar-refractivity contribution in [1.82, 2.24) is 14.9 Å². The van der Waals surface area contributed by atoms with Crippen molar-refractivity contribution in [3.8, 4) is 5.75 Å². The Kier molecular flexibility index (Phi) is 6.54. The molecule has 8 heteroatoms. The van der Waals surface area contributed by atoms with Crippen molar-refractivity contribution in [3.05, 3.63) is 48.0 Å². The molecule has 1 aliphatic heterocycles. The summed E-state index contributed by atoms with van der Waals surface area (Å²) in [4.78, 5) is 21.7. The molecule has 0 bridgehead atoms. The van der Waals surface area contributed by atoms with Crippen molar-refractivity contribution in [1.29, 1.82) is 0 Å². The summed E-state index contributed by atoms with van der Waals surface area (Å²) in [5.74, 6) is 0.830. The number of halogens is 1. The lowest BCUT2D eigenvalue weighted by atomic mass is 9.97. The van der Waals surface area contributed by atoms with E-state index in [1.54, 1.807) is 12.1 Å². The van der Waals surface area contributed by atoms with E-state index in [4.69, 9.17) is 10.5 Å². The normalized spacial score (nSPS) is 15.4. The van der Waals surface area contributed by atoms with Gasteiger partial charge in [0.2, 0.25) is 5.95 Å². The molecule has 1 aliphatic rings. The largest absolute Gasteiger partial charge is 0.492 e. The zero-order valence-electron chi connectivity index (χ0n) is 15.1. The van der Waals surface area contributed by atoms with Crippen LogP contribution in [0.25, 0.3) is 0 Å². The molecule has 0 aliphatic carbocycles. The minimum Gasteiger partial charge on any atom is -0.492 e. The summed E-state index contributed by atoms with van der Waals surface area (Å²) in [5.41, 5.74) is 5.44. The van der Waals surface area contributed by atoms with Gasteiger partial charge in [0.15, 0.2) is 0 Å². The summed E-state index contributed by atoms with van der Waals surface area (Å²) in [6.45, 7) is 4.20. The van der Waals surface area contributed by atoms with Crippen LogP contribution in [0, 0.1) is 11.7 Å². The van der Waals surface area contributed by atoms with E-state index in [1.807, 2.05) is 0 Å². The van der Waals surface area contributed by atoms with Crippen molar-refractivity contribution in [2.75, 3.05) is 38.1 Å². The minimum absolute atomic E-state index is 0.212. The molecule has 0 spiro atoms. The van der Waals surface area contributed by atoms with Crippen molar-refractivity contribution < 1.29 is 13.9 Å². The molecule has 0 saturated carbocycles. The van der Waals surface area contributed by atoms with Crippen molar-refractivity contribution in [3.63, 3.8) is 0 Å². The molecular weight excluding hydrogens is 349 g/mol. The van der Waals surface area contributed by atoms with Crippen molar-refractivity contribution in [2.24, 2.45) is 11.7 Å². The Morgan fingerprint density at radius 3 is 2.70 bits per heavy atom. The Hall–Kier alpha value is -2.74. The van der Waals surface area contributed by atoms with E-state index in [0.29, 0.717) is 24.2 Å². The Morgan fingerprint density at radius 2 is 2.00 bits per heavy atom. The molecule has 1 saturated heterocycles. The van der Waals surface area contributed by atoms with Crippen molar-refractivity contribution in [2.45, 2.75) is 12.8 Å². The van der Waals surface area contributed by atoms with Crippen LogP contribution in [0.2, 0.25) is 0 Å². The lowest BCUT2D eigenvalue weighted by Gasteiger charge is -2.31. The van der Waals surface area contributed by atoms with Crippen LogP contribution in [-0.4, -0.2) is 53.6 Å². The molecule has 0 radical (unpaired) electrons. The zero-order chi connectivity index (χ0) is 19.1. The quantitative estimate of drug-likeness (QED) is 0.734. The second-order valence-electron chi connectivity index (χ2n) is 6.60. The molecule has 1 fully saturated rings. The van der Waals surface area contributed by atoms with Crippen LogP contribution in [-0.2, 0) is 0 Å².